The molecule has 3 nitrogen and oxygen atoms in total. The van der Waals surface area contributed by atoms with E-state index in [-0.39, 0.29) is 12.1 Å². The van der Waals surface area contributed by atoms with Crippen molar-refractivity contribution in [3.63, 3.8) is 0 Å². The highest BCUT2D eigenvalue weighted by Crippen LogP contribution is 2.29. The van der Waals surface area contributed by atoms with E-state index in [1.54, 1.807) is 0 Å². The lowest BCUT2D eigenvalue weighted by molar-refractivity contribution is 0.138. The molecule has 1 saturated heterocycles. The topological polar surface area (TPSA) is 26.7 Å². The summed E-state index contributed by atoms with van der Waals surface area (Å²) in [6.45, 7) is 7.64. The number of hydrogen-bond donors (Lipinski definition) is 1. The van der Waals surface area contributed by atoms with Gasteiger partial charge in [0, 0.05) is 40.9 Å². The summed E-state index contributed by atoms with van der Waals surface area (Å²) in [7, 11) is 2.17. The van der Waals surface area contributed by atoms with Gasteiger partial charge in [0.15, 0.2) is 0 Å². The molecule has 1 fully saturated rings. The van der Waals surface area contributed by atoms with Crippen LogP contribution in [0.2, 0.25) is 0 Å². The van der Waals surface area contributed by atoms with Crippen molar-refractivity contribution in [2.75, 3.05) is 31.6 Å². The molecule has 0 atom stereocenters. The maximum atomic E-state index is 9.47. The maximum absolute atomic E-state index is 9.47. The number of benzene rings is 1. The van der Waals surface area contributed by atoms with Crippen LogP contribution in [0.5, 0.6) is 0 Å². The summed E-state index contributed by atoms with van der Waals surface area (Å²) in [4.78, 5) is 4.76. The average Bonchev–Trinajstić information content (AvgIpc) is 2.32. The molecule has 18 heavy (non-hydrogen) atoms. The van der Waals surface area contributed by atoms with Gasteiger partial charge in [-0.25, -0.2) is 0 Å². The number of anilines is 1. The van der Waals surface area contributed by atoms with Crippen molar-refractivity contribution in [3.05, 3.63) is 28.2 Å². The van der Waals surface area contributed by atoms with E-state index in [0.717, 1.165) is 35.4 Å². The van der Waals surface area contributed by atoms with E-state index >= 15 is 0 Å². The van der Waals surface area contributed by atoms with Crippen molar-refractivity contribution in [2.45, 2.75) is 26.0 Å². The average molecular weight is 313 g/mol. The highest BCUT2D eigenvalue weighted by atomic mass is 79.9. The molecule has 1 aromatic rings. The fraction of sp³-hybridized carbons (Fsp3) is 0.571. The van der Waals surface area contributed by atoms with Crippen molar-refractivity contribution >= 4 is 21.6 Å². The summed E-state index contributed by atoms with van der Waals surface area (Å²) < 4.78 is 1.06. The Morgan fingerprint density at radius 2 is 2.06 bits per heavy atom. The highest BCUT2D eigenvalue weighted by molar-refractivity contribution is 9.10. The third-order valence-electron chi connectivity index (χ3n) is 3.87. The zero-order valence-electron chi connectivity index (χ0n) is 11.3. The fourth-order valence-corrected chi connectivity index (χ4v) is 2.76. The number of piperazine rings is 1. The number of aliphatic hydroxyl groups excluding tert-OH is 1. The quantitative estimate of drug-likeness (QED) is 0.909. The molecule has 1 aromatic carbocycles. The summed E-state index contributed by atoms with van der Waals surface area (Å²) >= 11 is 3.51. The fourth-order valence-electron chi connectivity index (χ4n) is 2.41. The number of aliphatic hydroxyl groups is 1. The van der Waals surface area contributed by atoms with Gasteiger partial charge < -0.3 is 10.0 Å². The molecular formula is C14H21BrN2O. The van der Waals surface area contributed by atoms with Crippen molar-refractivity contribution in [3.8, 4) is 0 Å². The standard InChI is InChI=1S/C14H21BrN2O/c1-14(2)10-17(7-6-16(14)3)13-8-12(15)5-4-11(13)9-18/h4-5,8,18H,6-7,9-10H2,1-3H3. The van der Waals surface area contributed by atoms with Crippen LogP contribution >= 0.6 is 15.9 Å². The monoisotopic (exact) mass is 312 g/mol. The Morgan fingerprint density at radius 1 is 1.33 bits per heavy atom. The maximum Gasteiger partial charge on any atom is 0.0702 e. The zero-order chi connectivity index (χ0) is 13.3. The molecule has 100 valence electrons. The summed E-state index contributed by atoms with van der Waals surface area (Å²) in [6.07, 6.45) is 0. The Kier molecular flexibility index (Phi) is 3.99. The van der Waals surface area contributed by atoms with Gasteiger partial charge in [0.2, 0.25) is 0 Å². The smallest absolute Gasteiger partial charge is 0.0702 e. The molecule has 0 bridgehead atoms. The van der Waals surface area contributed by atoms with Crippen molar-refractivity contribution < 1.29 is 5.11 Å². The van der Waals surface area contributed by atoms with Crippen LogP contribution in [0.1, 0.15) is 19.4 Å². The van der Waals surface area contributed by atoms with Crippen LogP contribution in [0.25, 0.3) is 0 Å². The SMILES string of the molecule is CN1CCN(c2cc(Br)ccc2CO)CC1(C)C. The third kappa shape index (κ3) is 2.71. The molecule has 0 aliphatic carbocycles. The van der Waals surface area contributed by atoms with E-state index in [1.165, 1.54) is 0 Å². The Balaban J connectivity index is 2.29. The Labute approximate surface area is 118 Å². The van der Waals surface area contributed by atoms with Gasteiger partial charge in [-0.3, -0.25) is 4.90 Å². The lowest BCUT2D eigenvalue weighted by atomic mass is 9.98. The third-order valence-corrected chi connectivity index (χ3v) is 4.37. The second kappa shape index (κ2) is 5.19. The highest BCUT2D eigenvalue weighted by Gasteiger charge is 2.31. The second-order valence-electron chi connectivity index (χ2n) is 5.59. The normalized spacial score (nSPS) is 20.2. The van der Waals surface area contributed by atoms with E-state index in [4.69, 9.17) is 0 Å². The van der Waals surface area contributed by atoms with E-state index < -0.39 is 0 Å². The summed E-state index contributed by atoms with van der Waals surface area (Å²) in [5, 5.41) is 9.47. The largest absolute Gasteiger partial charge is 0.392 e. The first kappa shape index (κ1) is 13.8. The molecule has 1 aliphatic heterocycles. The van der Waals surface area contributed by atoms with E-state index in [2.05, 4.69) is 52.7 Å². The number of halogens is 1. The second-order valence-corrected chi connectivity index (χ2v) is 6.50. The Hall–Kier alpha value is -0.580. The molecule has 4 heteroatoms. The number of hydrogen-bond acceptors (Lipinski definition) is 3. The van der Waals surface area contributed by atoms with E-state index in [9.17, 15) is 5.11 Å². The summed E-state index contributed by atoms with van der Waals surface area (Å²) in [6, 6.07) is 6.08. The molecule has 0 spiro atoms. The van der Waals surface area contributed by atoms with Gasteiger partial charge in [-0.15, -0.1) is 0 Å². The lowest BCUT2D eigenvalue weighted by Crippen LogP contribution is -2.57. The van der Waals surface area contributed by atoms with Gasteiger partial charge in [-0.2, -0.15) is 0 Å². The number of likely N-dealkylation sites (N-methyl/N-ethyl adjacent to an activating group) is 1. The van der Waals surface area contributed by atoms with Crippen molar-refractivity contribution in [1.82, 2.24) is 4.90 Å². The minimum Gasteiger partial charge on any atom is -0.392 e. The number of rotatable bonds is 2. The van der Waals surface area contributed by atoms with E-state index in [1.807, 2.05) is 12.1 Å². The van der Waals surface area contributed by atoms with Crippen LogP contribution in [-0.2, 0) is 6.61 Å². The molecule has 1 N–H and O–H groups in total. The summed E-state index contributed by atoms with van der Waals surface area (Å²) in [5.41, 5.74) is 2.31. The van der Waals surface area contributed by atoms with E-state index in [0.29, 0.717) is 0 Å². The molecular weight excluding hydrogens is 292 g/mol. The molecule has 1 heterocycles. The number of nitrogens with zero attached hydrogens (tertiary/aromatic N) is 2. The van der Waals surface area contributed by atoms with Crippen LogP contribution in [0, 0.1) is 0 Å². The first-order valence-electron chi connectivity index (χ1n) is 6.29. The van der Waals surface area contributed by atoms with Crippen LogP contribution < -0.4 is 4.90 Å². The minimum atomic E-state index is 0.0926. The summed E-state index contributed by atoms with van der Waals surface area (Å²) in [5.74, 6) is 0. The molecule has 0 saturated carbocycles. The molecule has 0 unspecified atom stereocenters. The lowest BCUT2D eigenvalue weighted by Gasteiger charge is -2.46. The molecule has 0 aromatic heterocycles. The van der Waals surface area contributed by atoms with Crippen LogP contribution in [0.3, 0.4) is 0 Å². The zero-order valence-corrected chi connectivity index (χ0v) is 12.9. The van der Waals surface area contributed by atoms with Gasteiger partial charge in [-0.05, 0) is 33.0 Å². The molecule has 2 rings (SSSR count). The van der Waals surface area contributed by atoms with Gasteiger partial charge in [0.1, 0.15) is 0 Å². The predicted octanol–water partition coefficient (Wildman–Crippen LogP) is 2.47. The first-order chi connectivity index (χ1) is 8.44. The van der Waals surface area contributed by atoms with Crippen LogP contribution in [-0.4, -0.2) is 42.2 Å². The van der Waals surface area contributed by atoms with Crippen LogP contribution in [0.4, 0.5) is 5.69 Å². The Morgan fingerprint density at radius 3 is 2.67 bits per heavy atom. The van der Waals surface area contributed by atoms with Crippen molar-refractivity contribution in [2.24, 2.45) is 0 Å². The minimum absolute atomic E-state index is 0.0926. The molecule has 0 radical (unpaired) electrons. The van der Waals surface area contributed by atoms with Gasteiger partial charge in [0.25, 0.3) is 0 Å². The Bertz CT molecular complexity index is 434. The predicted molar refractivity (Wildman–Crippen MR) is 79.0 cm³/mol. The van der Waals surface area contributed by atoms with Crippen molar-refractivity contribution in [1.29, 1.82) is 0 Å². The van der Waals surface area contributed by atoms with Gasteiger partial charge >= 0.3 is 0 Å². The first-order valence-corrected chi connectivity index (χ1v) is 7.09. The molecule has 1 aliphatic rings. The molecule has 0 amide bonds. The van der Waals surface area contributed by atoms with Gasteiger partial charge in [0.05, 0.1) is 6.61 Å². The van der Waals surface area contributed by atoms with Crippen LogP contribution in [0.15, 0.2) is 22.7 Å². The van der Waals surface area contributed by atoms with Gasteiger partial charge in [-0.1, -0.05) is 22.0 Å².